The van der Waals surface area contributed by atoms with Crippen molar-refractivity contribution in [3.8, 4) is 0 Å². The van der Waals surface area contributed by atoms with Gasteiger partial charge in [-0.1, -0.05) is 27.7 Å². The maximum atomic E-state index is 9.63. The van der Waals surface area contributed by atoms with Gasteiger partial charge >= 0.3 is 0 Å². The molecule has 0 aromatic rings. The van der Waals surface area contributed by atoms with Crippen molar-refractivity contribution in [1.82, 2.24) is 0 Å². The SMILES string of the molecule is O=CSCCCBr. The van der Waals surface area contributed by atoms with Crippen molar-refractivity contribution in [2.45, 2.75) is 6.42 Å². The lowest BCUT2D eigenvalue weighted by molar-refractivity contribution is 0.570. The first-order valence-corrected chi connectivity index (χ1v) is 4.20. The average molecular weight is 183 g/mol. The summed E-state index contributed by atoms with van der Waals surface area (Å²) in [6, 6.07) is 0. The summed E-state index contributed by atoms with van der Waals surface area (Å²) < 4.78 is 0. The van der Waals surface area contributed by atoms with E-state index in [-0.39, 0.29) is 0 Å². The number of thioether (sulfide) groups is 1. The van der Waals surface area contributed by atoms with E-state index in [2.05, 4.69) is 15.9 Å². The number of rotatable bonds is 4. The van der Waals surface area contributed by atoms with Crippen LogP contribution >= 0.6 is 27.7 Å². The Labute approximate surface area is 56.0 Å². The maximum absolute atomic E-state index is 9.63. The first kappa shape index (κ1) is 7.50. The van der Waals surface area contributed by atoms with Crippen LogP contribution in [-0.4, -0.2) is 16.7 Å². The monoisotopic (exact) mass is 182 g/mol. The van der Waals surface area contributed by atoms with Crippen LogP contribution in [0.3, 0.4) is 0 Å². The van der Waals surface area contributed by atoms with Gasteiger partial charge < -0.3 is 0 Å². The second-order valence-corrected chi connectivity index (χ2v) is 2.74. The van der Waals surface area contributed by atoms with Gasteiger partial charge in [0.05, 0.1) is 0 Å². The van der Waals surface area contributed by atoms with Gasteiger partial charge in [0, 0.05) is 11.1 Å². The van der Waals surface area contributed by atoms with E-state index in [1.807, 2.05) is 0 Å². The van der Waals surface area contributed by atoms with Crippen LogP contribution < -0.4 is 0 Å². The van der Waals surface area contributed by atoms with Crippen molar-refractivity contribution < 1.29 is 4.79 Å². The molecular weight excluding hydrogens is 176 g/mol. The molecule has 0 fully saturated rings. The quantitative estimate of drug-likeness (QED) is 0.374. The lowest BCUT2D eigenvalue weighted by Crippen LogP contribution is -1.77. The number of halogens is 1. The molecule has 0 saturated carbocycles. The Morgan fingerprint density at radius 2 is 2.43 bits per heavy atom. The summed E-state index contributed by atoms with van der Waals surface area (Å²) in [5.41, 5.74) is 0.878. The molecule has 0 radical (unpaired) electrons. The first-order valence-electron chi connectivity index (χ1n) is 2.03. The predicted molar refractivity (Wildman–Crippen MR) is 37.6 cm³/mol. The molecule has 0 aromatic heterocycles. The Kier molecular flexibility index (Phi) is 6.96. The minimum Gasteiger partial charge on any atom is -0.291 e. The summed E-state index contributed by atoms with van der Waals surface area (Å²) in [4.78, 5) is 9.63. The van der Waals surface area contributed by atoms with E-state index in [0.717, 1.165) is 23.1 Å². The fourth-order valence-corrected chi connectivity index (χ4v) is 1.24. The third kappa shape index (κ3) is 6.50. The zero-order valence-corrected chi connectivity index (χ0v) is 6.30. The molecule has 0 saturated heterocycles. The highest BCUT2D eigenvalue weighted by atomic mass is 79.9. The van der Waals surface area contributed by atoms with Crippen molar-refractivity contribution >= 4 is 33.3 Å². The van der Waals surface area contributed by atoms with E-state index in [0.29, 0.717) is 0 Å². The highest BCUT2D eigenvalue weighted by Crippen LogP contribution is 1.97. The molecule has 42 valence electrons. The smallest absolute Gasteiger partial charge is 0.176 e. The van der Waals surface area contributed by atoms with Crippen molar-refractivity contribution in [1.29, 1.82) is 0 Å². The molecule has 0 aromatic carbocycles. The van der Waals surface area contributed by atoms with Gasteiger partial charge in [-0.25, -0.2) is 0 Å². The zero-order chi connectivity index (χ0) is 5.54. The van der Waals surface area contributed by atoms with E-state index in [1.54, 1.807) is 0 Å². The van der Waals surface area contributed by atoms with Crippen LogP contribution in [0.4, 0.5) is 0 Å². The topological polar surface area (TPSA) is 17.1 Å². The summed E-state index contributed by atoms with van der Waals surface area (Å²) in [7, 11) is 0. The van der Waals surface area contributed by atoms with E-state index in [9.17, 15) is 4.79 Å². The average Bonchev–Trinajstić information content (AvgIpc) is 1.69. The van der Waals surface area contributed by atoms with Crippen molar-refractivity contribution in [3.63, 3.8) is 0 Å². The van der Waals surface area contributed by atoms with Gasteiger partial charge in [-0.05, 0) is 6.42 Å². The molecule has 0 atom stereocenters. The number of carbonyl (C=O) groups is 1. The van der Waals surface area contributed by atoms with Gasteiger partial charge in [0.2, 0.25) is 0 Å². The van der Waals surface area contributed by atoms with Gasteiger partial charge in [-0.2, -0.15) is 0 Å². The molecule has 0 unspecified atom stereocenters. The number of alkyl halides is 1. The molecule has 0 aliphatic rings. The Morgan fingerprint density at radius 1 is 1.71 bits per heavy atom. The van der Waals surface area contributed by atoms with E-state index in [1.165, 1.54) is 11.8 Å². The zero-order valence-electron chi connectivity index (χ0n) is 3.89. The number of carbonyl (C=O) groups excluding carboxylic acids is 1. The van der Waals surface area contributed by atoms with Crippen LogP contribution in [0.15, 0.2) is 0 Å². The fourth-order valence-electron chi connectivity index (χ4n) is 0.186. The van der Waals surface area contributed by atoms with Crippen LogP contribution in [0.25, 0.3) is 0 Å². The number of hydrogen-bond acceptors (Lipinski definition) is 2. The number of hydrogen-bond donors (Lipinski definition) is 0. The molecule has 0 aliphatic carbocycles. The van der Waals surface area contributed by atoms with Crippen LogP contribution in [-0.2, 0) is 4.79 Å². The third-order valence-electron chi connectivity index (χ3n) is 0.464. The first-order chi connectivity index (χ1) is 3.41. The molecule has 0 rings (SSSR count). The second-order valence-electron chi connectivity index (χ2n) is 1.01. The maximum Gasteiger partial charge on any atom is 0.176 e. The molecule has 0 heterocycles. The van der Waals surface area contributed by atoms with Gasteiger partial charge in [-0.3, -0.25) is 4.79 Å². The second kappa shape index (κ2) is 6.50. The summed E-state index contributed by atoms with van der Waals surface area (Å²) in [5, 5.41) is 0.994. The standard InChI is InChI=1S/C4H7BrOS/c5-2-1-3-7-4-6/h4H,1-3H2. The van der Waals surface area contributed by atoms with Crippen LogP contribution in [0.2, 0.25) is 0 Å². The van der Waals surface area contributed by atoms with Crippen molar-refractivity contribution in [2.24, 2.45) is 0 Å². The Balaban J connectivity index is 2.56. The third-order valence-corrected chi connectivity index (χ3v) is 1.69. The van der Waals surface area contributed by atoms with Gasteiger partial charge in [0.25, 0.3) is 0 Å². The molecule has 0 bridgehead atoms. The van der Waals surface area contributed by atoms with Crippen LogP contribution in [0.1, 0.15) is 6.42 Å². The molecule has 0 aliphatic heterocycles. The Bertz CT molecular complexity index is 49.0. The summed E-state index contributed by atoms with van der Waals surface area (Å²) >= 11 is 4.57. The minimum absolute atomic E-state index is 0.878. The van der Waals surface area contributed by atoms with Gasteiger partial charge in [0.1, 0.15) is 0 Å². The summed E-state index contributed by atoms with van der Waals surface area (Å²) in [6.45, 7) is 0. The highest BCUT2D eigenvalue weighted by molar-refractivity contribution is 9.09. The van der Waals surface area contributed by atoms with Gasteiger partial charge in [-0.15, -0.1) is 0 Å². The molecule has 3 heteroatoms. The van der Waals surface area contributed by atoms with Crippen LogP contribution in [0.5, 0.6) is 0 Å². The Morgan fingerprint density at radius 3 is 2.86 bits per heavy atom. The normalized spacial score (nSPS) is 8.71. The molecule has 0 N–H and O–H groups in total. The molecular formula is C4H7BrOS. The van der Waals surface area contributed by atoms with Crippen molar-refractivity contribution in [2.75, 3.05) is 11.1 Å². The van der Waals surface area contributed by atoms with Crippen LogP contribution in [0, 0.1) is 0 Å². The van der Waals surface area contributed by atoms with E-state index in [4.69, 9.17) is 0 Å². The highest BCUT2D eigenvalue weighted by Gasteiger charge is 1.81. The lowest BCUT2D eigenvalue weighted by atomic mass is 10.6. The van der Waals surface area contributed by atoms with Crippen molar-refractivity contribution in [3.05, 3.63) is 0 Å². The predicted octanol–water partition coefficient (Wildman–Crippen LogP) is 1.69. The minimum atomic E-state index is 0.878. The summed E-state index contributed by atoms with van der Waals surface area (Å²) in [6.07, 6.45) is 1.07. The molecule has 7 heavy (non-hydrogen) atoms. The van der Waals surface area contributed by atoms with E-state index >= 15 is 0 Å². The lowest BCUT2D eigenvalue weighted by Gasteiger charge is -1.84. The van der Waals surface area contributed by atoms with Gasteiger partial charge in [0.15, 0.2) is 5.62 Å². The molecule has 0 amide bonds. The fraction of sp³-hybridized carbons (Fsp3) is 0.750. The summed E-state index contributed by atoms with van der Waals surface area (Å²) in [5.74, 6) is 0.939. The molecule has 1 nitrogen and oxygen atoms in total. The van der Waals surface area contributed by atoms with E-state index < -0.39 is 0 Å². The molecule has 0 spiro atoms. The largest absolute Gasteiger partial charge is 0.291 e. The Hall–Kier alpha value is 0.500.